The van der Waals surface area contributed by atoms with Crippen LogP contribution in [0.25, 0.3) is 10.6 Å². The summed E-state index contributed by atoms with van der Waals surface area (Å²) < 4.78 is 49.5. The van der Waals surface area contributed by atoms with Crippen LogP contribution in [0.5, 0.6) is 5.75 Å². The number of aryl methyl sites for hydroxylation is 1. The molecule has 10 heteroatoms. The molecule has 0 aliphatic heterocycles. The summed E-state index contributed by atoms with van der Waals surface area (Å²) in [5.41, 5.74) is 1.40. The fourth-order valence-electron chi connectivity index (χ4n) is 3.39. The summed E-state index contributed by atoms with van der Waals surface area (Å²) in [7, 11) is 0. The minimum absolute atomic E-state index is 0.137. The van der Waals surface area contributed by atoms with Gasteiger partial charge in [-0.15, -0.1) is 11.3 Å². The predicted molar refractivity (Wildman–Crippen MR) is 119 cm³/mol. The normalized spacial score (nSPS) is 12.5. The summed E-state index contributed by atoms with van der Waals surface area (Å²) in [6.45, 7) is 2.06. The van der Waals surface area contributed by atoms with E-state index in [2.05, 4.69) is 9.97 Å². The van der Waals surface area contributed by atoms with Crippen molar-refractivity contribution < 1.29 is 32.2 Å². The van der Waals surface area contributed by atoms with Gasteiger partial charge in [0.1, 0.15) is 23.1 Å². The van der Waals surface area contributed by atoms with Crippen LogP contribution in [0.3, 0.4) is 0 Å². The van der Waals surface area contributed by atoms with Crippen molar-refractivity contribution in [2.45, 2.75) is 32.0 Å². The first-order chi connectivity index (χ1) is 16.2. The van der Waals surface area contributed by atoms with Crippen LogP contribution in [0.1, 0.15) is 39.8 Å². The molecule has 0 saturated carbocycles. The molecule has 0 amide bonds. The first-order valence-electron chi connectivity index (χ1n) is 10.2. The van der Waals surface area contributed by atoms with Gasteiger partial charge in [-0.05, 0) is 36.8 Å². The van der Waals surface area contributed by atoms with E-state index >= 15 is 0 Å². The predicted octanol–water partition coefficient (Wildman–Crippen LogP) is 6.31. The van der Waals surface area contributed by atoms with Crippen LogP contribution in [0.4, 0.5) is 13.2 Å². The second-order valence-corrected chi connectivity index (χ2v) is 8.60. The lowest BCUT2D eigenvalue weighted by Gasteiger charge is -2.13. The molecule has 0 aliphatic rings. The standard InChI is InChI=1S/C24H19F3N2O4S/c1-14-21(34-23(29-14)16-2-6-17(7-3-16)24(25,26)27)12-32-18-8-4-15(5-9-18)19(10-22(30)31)20-11-28-13-33-20/h2-9,11,13,19H,10,12H2,1H3,(H,30,31)/t19-/m0/s1. The van der Waals surface area contributed by atoms with Gasteiger partial charge in [0.05, 0.1) is 34.7 Å². The maximum absolute atomic E-state index is 12.8. The smallest absolute Gasteiger partial charge is 0.416 e. The molecule has 0 fully saturated rings. The molecule has 1 atom stereocenters. The molecule has 4 rings (SSSR count). The average molecular weight is 488 g/mol. The third kappa shape index (κ3) is 5.45. The van der Waals surface area contributed by atoms with Gasteiger partial charge in [-0.2, -0.15) is 13.2 Å². The van der Waals surface area contributed by atoms with Crippen LogP contribution >= 0.6 is 11.3 Å². The first kappa shape index (κ1) is 23.5. The zero-order chi connectivity index (χ0) is 24.3. The lowest BCUT2D eigenvalue weighted by Crippen LogP contribution is -2.07. The van der Waals surface area contributed by atoms with Crippen molar-refractivity contribution >= 4 is 17.3 Å². The Kier molecular flexibility index (Phi) is 6.69. The maximum Gasteiger partial charge on any atom is 0.416 e. The van der Waals surface area contributed by atoms with Gasteiger partial charge in [-0.3, -0.25) is 4.79 Å². The molecule has 4 aromatic rings. The molecule has 2 heterocycles. The molecule has 34 heavy (non-hydrogen) atoms. The Balaban J connectivity index is 1.44. The first-order valence-corrected chi connectivity index (χ1v) is 11.0. The number of hydrogen-bond donors (Lipinski definition) is 1. The van der Waals surface area contributed by atoms with E-state index in [1.54, 1.807) is 24.3 Å². The van der Waals surface area contributed by atoms with Crippen LogP contribution in [0.15, 0.2) is 65.5 Å². The number of hydrogen-bond acceptors (Lipinski definition) is 6. The van der Waals surface area contributed by atoms with Crippen LogP contribution in [0.2, 0.25) is 0 Å². The molecule has 176 valence electrons. The number of thiazole rings is 1. The lowest BCUT2D eigenvalue weighted by molar-refractivity contribution is -0.138. The van der Waals surface area contributed by atoms with Gasteiger partial charge in [0, 0.05) is 5.56 Å². The summed E-state index contributed by atoms with van der Waals surface area (Å²) in [6, 6.07) is 11.9. The Morgan fingerprint density at radius 1 is 1.15 bits per heavy atom. The molecular weight excluding hydrogens is 469 g/mol. The Labute approximate surface area is 196 Å². The van der Waals surface area contributed by atoms with Crippen LogP contribution in [-0.2, 0) is 17.6 Å². The molecule has 0 radical (unpaired) electrons. The number of nitrogens with zero attached hydrogens (tertiary/aromatic N) is 2. The molecule has 0 bridgehead atoms. The third-order valence-electron chi connectivity index (χ3n) is 5.18. The summed E-state index contributed by atoms with van der Waals surface area (Å²) in [5, 5.41) is 9.84. The number of rotatable bonds is 8. The number of halogens is 3. The highest BCUT2D eigenvalue weighted by Crippen LogP contribution is 2.34. The summed E-state index contributed by atoms with van der Waals surface area (Å²) >= 11 is 1.36. The fourth-order valence-corrected chi connectivity index (χ4v) is 4.37. The minimum Gasteiger partial charge on any atom is -0.488 e. The number of benzene rings is 2. The molecule has 1 N–H and O–H groups in total. The van der Waals surface area contributed by atoms with Gasteiger partial charge in [0.2, 0.25) is 0 Å². The number of carboxylic acid groups (broad SMARTS) is 1. The number of oxazole rings is 1. The van der Waals surface area contributed by atoms with Crippen molar-refractivity contribution in [1.29, 1.82) is 0 Å². The topological polar surface area (TPSA) is 85.5 Å². The summed E-state index contributed by atoms with van der Waals surface area (Å²) in [5.74, 6) is -0.373. The quantitative estimate of drug-likeness (QED) is 0.313. The highest BCUT2D eigenvalue weighted by molar-refractivity contribution is 7.15. The number of ether oxygens (including phenoxy) is 1. The van der Waals surface area contributed by atoms with E-state index in [0.717, 1.165) is 28.3 Å². The summed E-state index contributed by atoms with van der Waals surface area (Å²) in [4.78, 5) is 20.4. The van der Waals surface area contributed by atoms with Gasteiger partial charge in [-0.25, -0.2) is 9.97 Å². The Bertz CT molecular complexity index is 1250. The van der Waals surface area contributed by atoms with E-state index < -0.39 is 23.6 Å². The van der Waals surface area contributed by atoms with Crippen LogP contribution < -0.4 is 4.74 Å². The van der Waals surface area contributed by atoms with Crippen molar-refractivity contribution in [3.05, 3.63) is 88.6 Å². The largest absolute Gasteiger partial charge is 0.488 e. The Hall–Kier alpha value is -3.66. The van der Waals surface area contributed by atoms with E-state index in [1.165, 1.54) is 36.1 Å². The minimum atomic E-state index is -4.38. The van der Waals surface area contributed by atoms with Crippen LogP contribution in [-0.4, -0.2) is 21.0 Å². The van der Waals surface area contributed by atoms with E-state index in [0.29, 0.717) is 22.1 Å². The Morgan fingerprint density at radius 3 is 2.44 bits per heavy atom. The fraction of sp³-hybridized carbons (Fsp3) is 0.208. The maximum atomic E-state index is 12.8. The second-order valence-electron chi connectivity index (χ2n) is 7.51. The Morgan fingerprint density at radius 2 is 1.85 bits per heavy atom. The number of carbonyl (C=O) groups is 1. The van der Waals surface area contributed by atoms with Gasteiger partial charge >= 0.3 is 12.1 Å². The van der Waals surface area contributed by atoms with Crippen molar-refractivity contribution in [1.82, 2.24) is 9.97 Å². The molecule has 2 aromatic carbocycles. The molecule has 6 nitrogen and oxygen atoms in total. The van der Waals surface area contributed by atoms with E-state index in [-0.39, 0.29) is 13.0 Å². The molecule has 2 aromatic heterocycles. The van der Waals surface area contributed by atoms with Gasteiger partial charge < -0.3 is 14.3 Å². The molecule has 0 aliphatic carbocycles. The molecule has 0 spiro atoms. The number of aromatic nitrogens is 2. The van der Waals surface area contributed by atoms with Crippen molar-refractivity contribution in [2.75, 3.05) is 0 Å². The van der Waals surface area contributed by atoms with Crippen LogP contribution in [0, 0.1) is 6.92 Å². The number of alkyl halides is 3. The highest BCUT2D eigenvalue weighted by atomic mass is 32.1. The highest BCUT2D eigenvalue weighted by Gasteiger charge is 2.30. The second kappa shape index (κ2) is 9.68. The summed E-state index contributed by atoms with van der Waals surface area (Å²) in [6.07, 6.45) is -1.76. The third-order valence-corrected chi connectivity index (χ3v) is 6.36. The van der Waals surface area contributed by atoms with Gasteiger partial charge in [-0.1, -0.05) is 24.3 Å². The van der Waals surface area contributed by atoms with E-state index in [4.69, 9.17) is 9.15 Å². The average Bonchev–Trinajstić information content (AvgIpc) is 3.46. The molecule has 0 saturated heterocycles. The molecular formula is C24H19F3N2O4S. The monoisotopic (exact) mass is 488 g/mol. The van der Waals surface area contributed by atoms with Crippen molar-refractivity contribution in [2.24, 2.45) is 0 Å². The van der Waals surface area contributed by atoms with Gasteiger partial charge in [0.15, 0.2) is 6.39 Å². The van der Waals surface area contributed by atoms with E-state index in [9.17, 15) is 23.1 Å². The number of carboxylic acids is 1. The zero-order valence-corrected chi connectivity index (χ0v) is 18.7. The SMILES string of the molecule is Cc1nc(-c2ccc(C(F)(F)F)cc2)sc1COc1ccc([C@H](CC(=O)O)c2cnco2)cc1. The number of aliphatic carboxylic acids is 1. The zero-order valence-electron chi connectivity index (χ0n) is 17.9. The molecule has 0 unspecified atom stereocenters. The van der Waals surface area contributed by atoms with Gasteiger partial charge in [0.25, 0.3) is 0 Å². The lowest BCUT2D eigenvalue weighted by atomic mass is 9.93. The van der Waals surface area contributed by atoms with Crippen molar-refractivity contribution in [3.8, 4) is 16.3 Å². The van der Waals surface area contributed by atoms with E-state index in [1.807, 2.05) is 6.92 Å². The van der Waals surface area contributed by atoms with Crippen molar-refractivity contribution in [3.63, 3.8) is 0 Å².